The monoisotopic (exact) mass is 335 g/mol. The summed E-state index contributed by atoms with van der Waals surface area (Å²) in [5, 5.41) is 0. The van der Waals surface area contributed by atoms with Gasteiger partial charge in [-0.05, 0) is 36.8 Å². The standard InChI is InChI=1S/C15H18BrN3O/c1-9-3-6-14(20-2)12(7-9)15(19-18)11-8-10(16)4-5-13(11)17/h3-8,15,19H,17-18H2,1-2H3. The molecule has 0 bridgehead atoms. The van der Waals surface area contributed by atoms with Crippen molar-refractivity contribution >= 4 is 21.6 Å². The van der Waals surface area contributed by atoms with Crippen LogP contribution < -0.4 is 21.7 Å². The average Bonchev–Trinajstić information content (AvgIpc) is 2.44. The lowest BCUT2D eigenvalue weighted by Gasteiger charge is -2.21. The van der Waals surface area contributed by atoms with Gasteiger partial charge in [-0.15, -0.1) is 0 Å². The van der Waals surface area contributed by atoms with Crippen molar-refractivity contribution in [1.29, 1.82) is 0 Å². The number of rotatable bonds is 4. The second-order valence-electron chi connectivity index (χ2n) is 4.62. The summed E-state index contributed by atoms with van der Waals surface area (Å²) < 4.78 is 6.38. The van der Waals surface area contributed by atoms with Gasteiger partial charge in [0.15, 0.2) is 0 Å². The molecular formula is C15H18BrN3O. The van der Waals surface area contributed by atoms with Gasteiger partial charge in [0, 0.05) is 15.7 Å². The third-order valence-corrected chi connectivity index (χ3v) is 3.72. The van der Waals surface area contributed by atoms with E-state index in [2.05, 4.69) is 21.4 Å². The minimum Gasteiger partial charge on any atom is -0.496 e. The number of aryl methyl sites for hydroxylation is 1. The number of nitrogens with one attached hydrogen (secondary N) is 1. The molecule has 2 rings (SSSR count). The van der Waals surface area contributed by atoms with Crippen molar-refractivity contribution in [3.8, 4) is 5.75 Å². The number of hydrazine groups is 1. The summed E-state index contributed by atoms with van der Waals surface area (Å²) in [6.45, 7) is 2.03. The Morgan fingerprint density at radius 1 is 1.15 bits per heavy atom. The number of methoxy groups -OCH3 is 1. The number of halogens is 1. The molecule has 20 heavy (non-hydrogen) atoms. The van der Waals surface area contributed by atoms with E-state index in [1.807, 2.05) is 43.3 Å². The van der Waals surface area contributed by atoms with Gasteiger partial charge in [-0.25, -0.2) is 5.43 Å². The van der Waals surface area contributed by atoms with Crippen molar-refractivity contribution in [2.75, 3.05) is 12.8 Å². The zero-order valence-corrected chi connectivity index (χ0v) is 13.1. The highest BCUT2D eigenvalue weighted by Crippen LogP contribution is 2.34. The SMILES string of the molecule is COc1ccc(C)cc1C(NN)c1cc(Br)ccc1N. The van der Waals surface area contributed by atoms with Crippen LogP contribution >= 0.6 is 15.9 Å². The summed E-state index contributed by atoms with van der Waals surface area (Å²) in [5.74, 6) is 6.53. The van der Waals surface area contributed by atoms with Gasteiger partial charge < -0.3 is 10.5 Å². The van der Waals surface area contributed by atoms with Crippen LogP contribution in [-0.4, -0.2) is 7.11 Å². The van der Waals surface area contributed by atoms with Gasteiger partial charge in [0.2, 0.25) is 0 Å². The molecule has 2 aromatic rings. The fraction of sp³-hybridized carbons (Fsp3) is 0.200. The lowest BCUT2D eigenvalue weighted by Crippen LogP contribution is -2.29. The summed E-state index contributed by atoms with van der Waals surface area (Å²) in [4.78, 5) is 0. The number of hydrogen-bond donors (Lipinski definition) is 3. The molecule has 0 aliphatic carbocycles. The summed E-state index contributed by atoms with van der Waals surface area (Å²) >= 11 is 3.46. The smallest absolute Gasteiger partial charge is 0.124 e. The Hall–Kier alpha value is -1.56. The first kappa shape index (κ1) is 14.8. The molecule has 0 aliphatic rings. The van der Waals surface area contributed by atoms with Gasteiger partial charge >= 0.3 is 0 Å². The van der Waals surface area contributed by atoms with Crippen LogP contribution in [0.25, 0.3) is 0 Å². The number of benzene rings is 2. The third-order valence-electron chi connectivity index (χ3n) is 3.22. The molecule has 0 saturated carbocycles. The maximum Gasteiger partial charge on any atom is 0.124 e. The predicted molar refractivity (Wildman–Crippen MR) is 85.5 cm³/mol. The van der Waals surface area contributed by atoms with E-state index in [4.69, 9.17) is 16.3 Å². The first-order valence-electron chi connectivity index (χ1n) is 6.22. The maximum atomic E-state index is 6.08. The molecule has 5 heteroatoms. The minimum absolute atomic E-state index is 0.234. The highest BCUT2D eigenvalue weighted by Gasteiger charge is 2.19. The molecule has 0 aromatic heterocycles. The molecule has 0 saturated heterocycles. The maximum absolute atomic E-state index is 6.08. The predicted octanol–water partition coefficient (Wildman–Crippen LogP) is 2.90. The molecule has 0 radical (unpaired) electrons. The van der Waals surface area contributed by atoms with Gasteiger partial charge in [0.1, 0.15) is 5.75 Å². The fourth-order valence-electron chi connectivity index (χ4n) is 2.22. The van der Waals surface area contributed by atoms with E-state index in [0.717, 1.165) is 26.9 Å². The van der Waals surface area contributed by atoms with Crippen LogP contribution in [-0.2, 0) is 0 Å². The summed E-state index contributed by atoms with van der Waals surface area (Å²) in [6, 6.07) is 11.5. The van der Waals surface area contributed by atoms with Crippen LogP contribution in [0, 0.1) is 6.92 Å². The van der Waals surface area contributed by atoms with E-state index in [1.165, 1.54) is 0 Å². The van der Waals surface area contributed by atoms with Crippen molar-refractivity contribution in [3.05, 3.63) is 57.6 Å². The largest absolute Gasteiger partial charge is 0.496 e. The van der Waals surface area contributed by atoms with Crippen molar-refractivity contribution in [3.63, 3.8) is 0 Å². The van der Waals surface area contributed by atoms with E-state index in [-0.39, 0.29) is 6.04 Å². The summed E-state index contributed by atoms with van der Waals surface area (Å²) in [6.07, 6.45) is 0. The molecule has 5 N–H and O–H groups in total. The quantitative estimate of drug-likeness (QED) is 0.456. The molecule has 0 amide bonds. The van der Waals surface area contributed by atoms with Gasteiger partial charge in [-0.2, -0.15) is 0 Å². The molecule has 1 atom stereocenters. The lowest BCUT2D eigenvalue weighted by molar-refractivity contribution is 0.404. The van der Waals surface area contributed by atoms with Gasteiger partial charge in [-0.1, -0.05) is 33.6 Å². The summed E-state index contributed by atoms with van der Waals surface area (Å²) in [7, 11) is 1.64. The Balaban J connectivity index is 2.57. The van der Waals surface area contributed by atoms with E-state index in [1.54, 1.807) is 7.11 Å². The zero-order valence-electron chi connectivity index (χ0n) is 11.5. The van der Waals surface area contributed by atoms with Gasteiger partial charge in [0.05, 0.1) is 13.2 Å². The van der Waals surface area contributed by atoms with Crippen molar-refractivity contribution in [1.82, 2.24) is 5.43 Å². The van der Waals surface area contributed by atoms with E-state index < -0.39 is 0 Å². The highest BCUT2D eigenvalue weighted by atomic mass is 79.9. The van der Waals surface area contributed by atoms with E-state index in [9.17, 15) is 0 Å². The second-order valence-corrected chi connectivity index (χ2v) is 5.53. The van der Waals surface area contributed by atoms with E-state index in [0.29, 0.717) is 5.69 Å². The average molecular weight is 336 g/mol. The third kappa shape index (κ3) is 2.95. The molecule has 0 fully saturated rings. The number of anilines is 1. The Kier molecular flexibility index (Phi) is 4.65. The van der Waals surface area contributed by atoms with Crippen LogP contribution in [0.15, 0.2) is 40.9 Å². The molecule has 1 unspecified atom stereocenters. The molecule has 2 aromatic carbocycles. The van der Waals surface area contributed by atoms with Crippen molar-refractivity contribution in [2.45, 2.75) is 13.0 Å². The second kappa shape index (κ2) is 6.26. The number of ether oxygens (including phenoxy) is 1. The molecule has 0 aliphatic heterocycles. The fourth-order valence-corrected chi connectivity index (χ4v) is 2.60. The van der Waals surface area contributed by atoms with Gasteiger partial charge in [0.25, 0.3) is 0 Å². The van der Waals surface area contributed by atoms with Gasteiger partial charge in [-0.3, -0.25) is 5.84 Å². The molecule has 0 spiro atoms. The Bertz CT molecular complexity index is 616. The van der Waals surface area contributed by atoms with Crippen LogP contribution in [0.4, 0.5) is 5.69 Å². The number of hydrogen-bond acceptors (Lipinski definition) is 4. The molecular weight excluding hydrogens is 318 g/mol. The van der Waals surface area contributed by atoms with E-state index >= 15 is 0 Å². The highest BCUT2D eigenvalue weighted by molar-refractivity contribution is 9.10. The van der Waals surface area contributed by atoms with Crippen LogP contribution in [0.1, 0.15) is 22.7 Å². The lowest BCUT2D eigenvalue weighted by atomic mass is 9.95. The first-order valence-corrected chi connectivity index (χ1v) is 7.01. The van der Waals surface area contributed by atoms with Crippen molar-refractivity contribution in [2.24, 2.45) is 5.84 Å². The Morgan fingerprint density at radius 3 is 2.55 bits per heavy atom. The summed E-state index contributed by atoms with van der Waals surface area (Å²) in [5.41, 5.74) is 12.6. The first-order chi connectivity index (χ1) is 9.56. The Morgan fingerprint density at radius 2 is 1.90 bits per heavy atom. The molecule has 0 heterocycles. The Labute approximate surface area is 127 Å². The normalized spacial score (nSPS) is 12.2. The topological polar surface area (TPSA) is 73.3 Å². The number of nitrogen functional groups attached to an aromatic ring is 1. The van der Waals surface area contributed by atoms with Crippen molar-refractivity contribution < 1.29 is 4.74 Å². The molecule has 106 valence electrons. The minimum atomic E-state index is -0.234. The number of nitrogens with two attached hydrogens (primary N) is 2. The zero-order chi connectivity index (χ0) is 14.7. The van der Waals surface area contributed by atoms with Crippen LogP contribution in [0.5, 0.6) is 5.75 Å². The van der Waals surface area contributed by atoms with Crippen LogP contribution in [0.2, 0.25) is 0 Å². The van der Waals surface area contributed by atoms with Crippen LogP contribution in [0.3, 0.4) is 0 Å². The molecule has 4 nitrogen and oxygen atoms in total.